The number of amides is 2. The van der Waals surface area contributed by atoms with E-state index in [1.165, 1.54) is 12.3 Å². The Morgan fingerprint density at radius 3 is 2.64 bits per heavy atom. The van der Waals surface area contributed by atoms with Crippen LogP contribution in [0.15, 0.2) is 65.3 Å². The maximum Gasteiger partial charge on any atom is 0.253 e. The van der Waals surface area contributed by atoms with Crippen LogP contribution < -0.4 is 16.4 Å². The van der Waals surface area contributed by atoms with E-state index in [4.69, 9.17) is 5.73 Å². The lowest BCUT2D eigenvalue weighted by molar-refractivity contribution is -0.127. The first-order valence-electron chi connectivity index (χ1n) is 10.3. The summed E-state index contributed by atoms with van der Waals surface area (Å²) in [4.78, 5) is 33.5. The minimum atomic E-state index is -1.02. The van der Waals surface area contributed by atoms with Crippen LogP contribution in [-0.2, 0) is 22.6 Å². The van der Waals surface area contributed by atoms with Crippen molar-refractivity contribution in [3.63, 3.8) is 0 Å². The van der Waals surface area contributed by atoms with Gasteiger partial charge in [-0.25, -0.2) is 13.8 Å². The summed E-state index contributed by atoms with van der Waals surface area (Å²) in [7, 11) is 0. The molecule has 1 aliphatic heterocycles. The van der Waals surface area contributed by atoms with Gasteiger partial charge in [0.05, 0.1) is 12.1 Å². The third-order valence-electron chi connectivity index (χ3n) is 5.28. The van der Waals surface area contributed by atoms with E-state index in [-0.39, 0.29) is 13.0 Å². The first-order chi connectivity index (χ1) is 15.9. The molecule has 0 bridgehead atoms. The Labute approximate surface area is 188 Å². The number of nitrogens with two attached hydrogens (primary N) is 1. The summed E-state index contributed by atoms with van der Waals surface area (Å²) in [6.45, 7) is 0.593. The minimum Gasteiger partial charge on any atom is -0.383 e. The Balaban J connectivity index is 1.49. The average molecular weight is 449 g/mol. The van der Waals surface area contributed by atoms with Crippen molar-refractivity contribution >= 4 is 34.6 Å². The summed E-state index contributed by atoms with van der Waals surface area (Å²) in [6.07, 6.45) is 4.66. The van der Waals surface area contributed by atoms with Gasteiger partial charge in [-0.15, -0.1) is 0 Å². The van der Waals surface area contributed by atoms with Gasteiger partial charge in [-0.2, -0.15) is 0 Å². The van der Waals surface area contributed by atoms with Crippen molar-refractivity contribution in [2.45, 2.75) is 19.0 Å². The number of aliphatic imine (C=N–C) groups is 1. The number of pyridine rings is 1. The molecule has 2 heterocycles. The van der Waals surface area contributed by atoms with E-state index in [1.54, 1.807) is 12.3 Å². The smallest absolute Gasteiger partial charge is 0.253 e. The molecule has 9 heteroatoms. The van der Waals surface area contributed by atoms with Crippen LogP contribution in [0.1, 0.15) is 11.1 Å². The fourth-order valence-electron chi connectivity index (χ4n) is 3.53. The van der Waals surface area contributed by atoms with Crippen molar-refractivity contribution < 1.29 is 18.4 Å². The largest absolute Gasteiger partial charge is 0.383 e. The molecule has 1 aromatic heterocycles. The maximum absolute atomic E-state index is 13.7. The molecule has 0 fully saturated rings. The number of nitrogen functional groups attached to an aromatic ring is 1. The lowest BCUT2D eigenvalue weighted by Crippen LogP contribution is -2.48. The predicted molar refractivity (Wildman–Crippen MR) is 121 cm³/mol. The van der Waals surface area contributed by atoms with Gasteiger partial charge >= 0.3 is 0 Å². The first-order valence-corrected chi connectivity index (χ1v) is 10.3. The fraction of sp³-hybridized carbons (Fsp3) is 0.167. The summed E-state index contributed by atoms with van der Waals surface area (Å²) in [6, 6.07) is 9.73. The first kappa shape index (κ1) is 22.1. The van der Waals surface area contributed by atoms with Gasteiger partial charge in [0.15, 0.2) is 11.6 Å². The zero-order valence-electron chi connectivity index (χ0n) is 17.5. The lowest BCUT2D eigenvalue weighted by Gasteiger charge is -2.19. The molecule has 33 heavy (non-hydrogen) atoms. The van der Waals surface area contributed by atoms with Crippen LogP contribution in [0.25, 0.3) is 10.8 Å². The molecule has 0 spiro atoms. The molecular weight excluding hydrogens is 428 g/mol. The van der Waals surface area contributed by atoms with Crippen LogP contribution in [-0.4, -0.2) is 35.6 Å². The molecule has 2 aromatic carbocycles. The van der Waals surface area contributed by atoms with Crippen LogP contribution >= 0.6 is 0 Å². The van der Waals surface area contributed by atoms with Gasteiger partial charge in [0.1, 0.15) is 11.9 Å². The van der Waals surface area contributed by atoms with Gasteiger partial charge in [-0.05, 0) is 46.9 Å². The van der Waals surface area contributed by atoms with E-state index in [2.05, 4.69) is 20.6 Å². The van der Waals surface area contributed by atoms with Gasteiger partial charge in [0.2, 0.25) is 5.91 Å². The zero-order chi connectivity index (χ0) is 23.4. The van der Waals surface area contributed by atoms with E-state index in [1.807, 2.05) is 24.3 Å². The van der Waals surface area contributed by atoms with Crippen molar-refractivity contribution in [1.82, 2.24) is 15.6 Å². The highest BCUT2D eigenvalue weighted by atomic mass is 19.2. The number of benzene rings is 2. The van der Waals surface area contributed by atoms with Gasteiger partial charge < -0.3 is 16.4 Å². The van der Waals surface area contributed by atoms with Crippen molar-refractivity contribution in [3.8, 4) is 0 Å². The molecule has 3 aromatic rings. The van der Waals surface area contributed by atoms with E-state index in [0.717, 1.165) is 28.5 Å². The monoisotopic (exact) mass is 449 g/mol. The SMILES string of the molecule is Nc1nccc2cc(CNC(=O)[C@H](Cc3ccc(F)c(F)c3)NC(=O)C3=CCN=C3)ccc12. The molecule has 4 N–H and O–H groups in total. The topological polar surface area (TPSA) is 109 Å². The Kier molecular flexibility index (Phi) is 6.39. The summed E-state index contributed by atoms with van der Waals surface area (Å²) in [5.74, 6) is -2.51. The van der Waals surface area contributed by atoms with E-state index in [9.17, 15) is 18.4 Å². The second-order valence-corrected chi connectivity index (χ2v) is 7.60. The van der Waals surface area contributed by atoms with E-state index in [0.29, 0.717) is 23.5 Å². The molecule has 0 saturated carbocycles. The number of hydrogen-bond acceptors (Lipinski definition) is 5. The predicted octanol–water partition coefficient (Wildman–Crippen LogP) is 2.45. The Bertz CT molecular complexity index is 1290. The second kappa shape index (κ2) is 9.56. The highest BCUT2D eigenvalue weighted by molar-refractivity contribution is 6.14. The molecule has 0 aliphatic carbocycles. The summed E-state index contributed by atoms with van der Waals surface area (Å²) in [5, 5.41) is 7.15. The molecule has 0 radical (unpaired) electrons. The number of nitrogens with zero attached hydrogens (tertiary/aromatic N) is 2. The van der Waals surface area contributed by atoms with E-state index < -0.39 is 29.5 Å². The third-order valence-corrected chi connectivity index (χ3v) is 5.28. The Hall–Kier alpha value is -4.14. The van der Waals surface area contributed by atoms with Gasteiger partial charge in [-0.3, -0.25) is 14.6 Å². The molecule has 0 unspecified atom stereocenters. The molecule has 0 saturated heterocycles. The third kappa shape index (κ3) is 5.20. The van der Waals surface area contributed by atoms with Crippen molar-refractivity contribution in [2.24, 2.45) is 4.99 Å². The van der Waals surface area contributed by atoms with Crippen molar-refractivity contribution in [1.29, 1.82) is 0 Å². The molecule has 168 valence electrons. The summed E-state index contributed by atoms with van der Waals surface area (Å²) >= 11 is 0. The molecule has 7 nitrogen and oxygen atoms in total. The van der Waals surface area contributed by atoms with Crippen LogP contribution in [0.4, 0.5) is 14.6 Å². The molecule has 2 amide bonds. The van der Waals surface area contributed by atoms with E-state index >= 15 is 0 Å². The normalized spacial score (nSPS) is 13.6. The number of halogens is 2. The molecule has 1 aliphatic rings. The van der Waals surface area contributed by atoms with Crippen molar-refractivity contribution in [3.05, 3.63) is 83.1 Å². The average Bonchev–Trinajstić information content (AvgIpc) is 3.35. The summed E-state index contributed by atoms with van der Waals surface area (Å²) < 4.78 is 27.0. The lowest BCUT2D eigenvalue weighted by atomic mass is 10.0. The number of aromatic nitrogens is 1. The van der Waals surface area contributed by atoms with Crippen LogP contribution in [0.3, 0.4) is 0 Å². The standard InChI is InChI=1S/C24H21F2N5O2/c25-19-4-2-14(10-20(19)26)11-21(31-23(32)17-5-7-28-13-17)24(33)30-12-15-1-3-18-16(9-15)6-8-29-22(18)27/h1-6,8-10,13,21H,7,11-12H2,(H2,27,29)(H,30,33)(H,31,32)/t21-/m0/s1. The molecular formula is C24H21F2N5O2. The number of anilines is 1. The van der Waals surface area contributed by atoms with Crippen LogP contribution in [0, 0.1) is 11.6 Å². The number of nitrogens with one attached hydrogen (secondary N) is 2. The number of carbonyl (C=O) groups excluding carboxylic acids is 2. The number of fused-ring (bicyclic) bond motifs is 1. The quantitative estimate of drug-likeness (QED) is 0.515. The summed E-state index contributed by atoms with van der Waals surface area (Å²) in [5.41, 5.74) is 7.42. The molecule has 1 atom stereocenters. The number of carbonyl (C=O) groups is 2. The zero-order valence-corrected chi connectivity index (χ0v) is 17.5. The van der Waals surface area contributed by atoms with Crippen molar-refractivity contribution in [2.75, 3.05) is 12.3 Å². The molecule has 4 rings (SSSR count). The van der Waals surface area contributed by atoms with Gasteiger partial charge in [0.25, 0.3) is 5.91 Å². The van der Waals surface area contributed by atoms with Crippen LogP contribution in [0.5, 0.6) is 0 Å². The number of hydrogen-bond donors (Lipinski definition) is 3. The highest BCUT2D eigenvalue weighted by Gasteiger charge is 2.23. The Morgan fingerprint density at radius 2 is 1.88 bits per heavy atom. The van der Waals surface area contributed by atoms with Gasteiger partial charge in [-0.1, -0.05) is 18.2 Å². The van der Waals surface area contributed by atoms with Gasteiger partial charge in [0, 0.05) is 30.8 Å². The minimum absolute atomic E-state index is 0.0148. The fourth-order valence-corrected chi connectivity index (χ4v) is 3.53. The second-order valence-electron chi connectivity index (χ2n) is 7.60. The maximum atomic E-state index is 13.7. The van der Waals surface area contributed by atoms with Crippen LogP contribution in [0.2, 0.25) is 0 Å². The highest BCUT2D eigenvalue weighted by Crippen LogP contribution is 2.20. The number of rotatable bonds is 7. The Morgan fingerprint density at radius 1 is 1.06 bits per heavy atom.